The fourth-order valence-corrected chi connectivity index (χ4v) is 10.9. The summed E-state index contributed by atoms with van der Waals surface area (Å²) in [6.45, 7) is 16.6. The standard InChI is InChI=1S/C41H47N3O5S/c1-7-21-42(30-17-19-31(20-18-30)49-9-3)38(46)35-34-24-28(6)41(50-34)36(35)39(47)44(33(25-45)29-13-11-10-12-14-29)37(41)40(48)43(22-8-2)32-23-26(4)15-16-27(32)5/h7-8,10-20,23,28,33-37,45H,1-2,9,21-22,24-25H2,3-6H3/t28?,33-,34-,35+,36+,37?,41?/m1/s1. The van der Waals surface area contributed by atoms with Crippen LogP contribution in [0.4, 0.5) is 11.4 Å². The summed E-state index contributed by atoms with van der Waals surface area (Å²) in [6.07, 6.45) is 4.08. The van der Waals surface area contributed by atoms with Gasteiger partial charge in [-0.1, -0.05) is 61.5 Å². The molecule has 3 aromatic carbocycles. The van der Waals surface area contributed by atoms with E-state index in [2.05, 4.69) is 20.1 Å². The Kier molecular flexibility index (Phi) is 10.3. The van der Waals surface area contributed by atoms with Crippen molar-refractivity contribution in [2.75, 3.05) is 36.1 Å². The van der Waals surface area contributed by atoms with Gasteiger partial charge in [-0.25, -0.2) is 0 Å². The molecule has 0 saturated carbocycles. The Morgan fingerprint density at radius 1 is 1.02 bits per heavy atom. The molecule has 2 bridgehead atoms. The van der Waals surface area contributed by atoms with E-state index in [1.807, 2.05) is 93.6 Å². The third kappa shape index (κ3) is 5.84. The highest BCUT2D eigenvalue weighted by Crippen LogP contribution is 2.69. The minimum absolute atomic E-state index is 0.0490. The molecule has 3 aliphatic heterocycles. The van der Waals surface area contributed by atoms with E-state index in [4.69, 9.17) is 4.74 Å². The van der Waals surface area contributed by atoms with Crippen LogP contribution in [0.25, 0.3) is 0 Å². The second kappa shape index (κ2) is 14.5. The first-order chi connectivity index (χ1) is 24.1. The smallest absolute Gasteiger partial charge is 0.251 e. The lowest BCUT2D eigenvalue weighted by atomic mass is 9.65. The molecule has 9 heteroatoms. The Morgan fingerprint density at radius 2 is 1.70 bits per heavy atom. The topological polar surface area (TPSA) is 90.4 Å². The average molecular weight is 694 g/mol. The number of likely N-dealkylation sites (tertiary alicyclic amines) is 1. The monoisotopic (exact) mass is 693 g/mol. The molecular formula is C41H47N3O5S. The van der Waals surface area contributed by atoms with E-state index in [0.717, 1.165) is 22.4 Å². The van der Waals surface area contributed by atoms with E-state index in [9.17, 15) is 9.90 Å². The van der Waals surface area contributed by atoms with Crippen LogP contribution >= 0.6 is 11.8 Å². The zero-order valence-electron chi connectivity index (χ0n) is 29.3. The maximum absolute atomic E-state index is 15.4. The van der Waals surface area contributed by atoms with E-state index in [-0.39, 0.29) is 48.6 Å². The summed E-state index contributed by atoms with van der Waals surface area (Å²) in [4.78, 5) is 50.5. The third-order valence-corrected chi connectivity index (χ3v) is 12.7. The quantitative estimate of drug-likeness (QED) is 0.206. The van der Waals surface area contributed by atoms with Crippen LogP contribution in [-0.2, 0) is 14.4 Å². The number of nitrogens with zero attached hydrogens (tertiary/aromatic N) is 3. The van der Waals surface area contributed by atoms with Gasteiger partial charge < -0.3 is 24.5 Å². The molecule has 0 radical (unpaired) electrons. The molecule has 0 aromatic heterocycles. The second-order valence-corrected chi connectivity index (χ2v) is 15.1. The van der Waals surface area contributed by atoms with Crippen molar-refractivity contribution in [3.05, 3.63) is 115 Å². The number of thioether (sulfide) groups is 1. The lowest BCUT2D eigenvalue weighted by Crippen LogP contribution is -2.58. The lowest BCUT2D eigenvalue weighted by Gasteiger charge is -2.42. The molecule has 3 amide bonds. The Balaban J connectivity index is 1.49. The van der Waals surface area contributed by atoms with Gasteiger partial charge in [-0.2, -0.15) is 0 Å². The minimum atomic E-state index is -0.932. The van der Waals surface area contributed by atoms with Gasteiger partial charge in [0.2, 0.25) is 11.8 Å². The van der Waals surface area contributed by atoms with Crippen molar-refractivity contribution in [2.45, 2.75) is 56.2 Å². The molecule has 1 N–H and O–H groups in total. The molecule has 3 unspecified atom stereocenters. The fraction of sp³-hybridized carbons (Fsp3) is 0.390. The Morgan fingerprint density at radius 3 is 2.34 bits per heavy atom. The number of fused-ring (bicyclic) bond motifs is 1. The summed E-state index contributed by atoms with van der Waals surface area (Å²) in [5.41, 5.74) is 4.11. The van der Waals surface area contributed by atoms with E-state index in [0.29, 0.717) is 24.5 Å². The molecule has 3 fully saturated rings. The number of hydrogen-bond acceptors (Lipinski definition) is 6. The van der Waals surface area contributed by atoms with Crippen molar-refractivity contribution in [3.63, 3.8) is 0 Å². The molecule has 3 heterocycles. The van der Waals surface area contributed by atoms with Crippen molar-refractivity contribution in [3.8, 4) is 5.75 Å². The largest absolute Gasteiger partial charge is 0.494 e. The van der Waals surface area contributed by atoms with Crippen LogP contribution in [0.3, 0.4) is 0 Å². The van der Waals surface area contributed by atoms with Crippen LogP contribution in [0.15, 0.2) is 98.1 Å². The summed E-state index contributed by atoms with van der Waals surface area (Å²) in [7, 11) is 0. The number of amides is 3. The van der Waals surface area contributed by atoms with Crippen LogP contribution < -0.4 is 14.5 Å². The second-order valence-electron chi connectivity index (χ2n) is 13.6. The van der Waals surface area contributed by atoms with Gasteiger partial charge in [0, 0.05) is 29.7 Å². The first-order valence-electron chi connectivity index (χ1n) is 17.4. The maximum atomic E-state index is 15.4. The molecule has 50 heavy (non-hydrogen) atoms. The summed E-state index contributed by atoms with van der Waals surface area (Å²) in [5.74, 6) is -1.44. The number of carbonyl (C=O) groups excluding carboxylic acids is 3. The highest BCUT2D eigenvalue weighted by atomic mass is 32.2. The Labute approximate surface area is 299 Å². The van der Waals surface area contributed by atoms with Crippen LogP contribution in [0.1, 0.15) is 43.0 Å². The van der Waals surface area contributed by atoms with Gasteiger partial charge in [-0.05, 0) is 80.1 Å². The molecule has 3 saturated heterocycles. The van der Waals surface area contributed by atoms with Gasteiger partial charge in [0.05, 0.1) is 35.8 Å². The number of ether oxygens (including phenoxy) is 1. The molecular weight excluding hydrogens is 647 g/mol. The molecule has 0 aliphatic carbocycles. The number of anilines is 2. The van der Waals surface area contributed by atoms with Crippen molar-refractivity contribution >= 4 is 40.9 Å². The number of aliphatic hydroxyl groups is 1. The van der Waals surface area contributed by atoms with Gasteiger partial charge in [-0.3, -0.25) is 14.4 Å². The lowest BCUT2D eigenvalue weighted by molar-refractivity contribution is -0.142. The maximum Gasteiger partial charge on any atom is 0.251 e. The molecule has 7 atom stereocenters. The van der Waals surface area contributed by atoms with Crippen molar-refractivity contribution < 1.29 is 24.2 Å². The Bertz CT molecular complexity index is 1760. The van der Waals surface area contributed by atoms with E-state index < -0.39 is 28.7 Å². The van der Waals surface area contributed by atoms with E-state index >= 15 is 9.59 Å². The number of carbonyl (C=O) groups is 3. The number of hydrogen-bond donors (Lipinski definition) is 1. The summed E-state index contributed by atoms with van der Waals surface area (Å²) in [5, 5.41) is 10.8. The van der Waals surface area contributed by atoms with Gasteiger partial charge >= 0.3 is 0 Å². The van der Waals surface area contributed by atoms with Crippen LogP contribution in [-0.4, -0.2) is 70.1 Å². The molecule has 6 rings (SSSR count). The van der Waals surface area contributed by atoms with Gasteiger partial charge in [0.25, 0.3) is 5.91 Å². The van der Waals surface area contributed by atoms with Crippen molar-refractivity contribution in [2.24, 2.45) is 17.8 Å². The van der Waals surface area contributed by atoms with Crippen molar-refractivity contribution in [1.82, 2.24) is 4.90 Å². The Hall–Kier alpha value is -4.34. The molecule has 3 aliphatic rings. The van der Waals surface area contributed by atoms with Gasteiger partial charge in [0.15, 0.2) is 0 Å². The first kappa shape index (κ1) is 35.5. The predicted molar refractivity (Wildman–Crippen MR) is 200 cm³/mol. The summed E-state index contributed by atoms with van der Waals surface area (Å²) >= 11 is 1.63. The number of rotatable bonds is 13. The molecule has 3 aromatic rings. The van der Waals surface area contributed by atoms with Gasteiger partial charge in [0.1, 0.15) is 11.8 Å². The predicted octanol–water partition coefficient (Wildman–Crippen LogP) is 6.51. The molecule has 8 nitrogen and oxygen atoms in total. The number of aliphatic hydroxyl groups excluding tert-OH is 1. The fourth-order valence-electron chi connectivity index (χ4n) is 8.50. The van der Waals surface area contributed by atoms with Crippen molar-refractivity contribution in [1.29, 1.82) is 0 Å². The third-order valence-electron chi connectivity index (χ3n) is 10.7. The number of aryl methyl sites for hydroxylation is 2. The number of benzene rings is 3. The highest BCUT2D eigenvalue weighted by Gasteiger charge is 2.77. The summed E-state index contributed by atoms with van der Waals surface area (Å²) in [6, 6.07) is 21.1. The first-order valence-corrected chi connectivity index (χ1v) is 18.3. The zero-order valence-corrected chi connectivity index (χ0v) is 30.1. The average Bonchev–Trinajstić information content (AvgIpc) is 3.72. The van der Waals surface area contributed by atoms with Crippen LogP contribution in [0.5, 0.6) is 5.75 Å². The zero-order chi connectivity index (χ0) is 35.7. The van der Waals surface area contributed by atoms with E-state index in [1.54, 1.807) is 38.6 Å². The summed E-state index contributed by atoms with van der Waals surface area (Å²) < 4.78 is 4.75. The van der Waals surface area contributed by atoms with Crippen LogP contribution in [0.2, 0.25) is 0 Å². The normalized spacial score (nSPS) is 25.6. The molecule has 262 valence electrons. The molecule has 1 spiro atoms. The van der Waals surface area contributed by atoms with Crippen LogP contribution in [0, 0.1) is 31.6 Å². The minimum Gasteiger partial charge on any atom is -0.494 e. The highest BCUT2D eigenvalue weighted by molar-refractivity contribution is 8.02. The SMILES string of the molecule is C=CCN(C(=O)[C@@H]1[C@H]2C(=O)N([C@H](CO)c3ccccc3)C(C(=O)N(CC=C)c3cc(C)ccc3C)C23S[C@@H]1CC3C)c1ccc(OCC)cc1. The van der Waals surface area contributed by atoms with Gasteiger partial charge in [-0.15, -0.1) is 24.9 Å². The van der Waals surface area contributed by atoms with E-state index in [1.165, 1.54) is 0 Å².